The van der Waals surface area contributed by atoms with E-state index in [9.17, 15) is 13.2 Å². The second kappa shape index (κ2) is 4.55. The van der Waals surface area contributed by atoms with Crippen LogP contribution < -0.4 is 0 Å². The van der Waals surface area contributed by atoms with Gasteiger partial charge >= 0.3 is 6.18 Å². The van der Waals surface area contributed by atoms with E-state index in [0.29, 0.717) is 12.0 Å². The number of allylic oxidation sites excluding steroid dienone is 1. The molecule has 0 amide bonds. The lowest BCUT2D eigenvalue weighted by molar-refractivity contribution is -0.137. The van der Waals surface area contributed by atoms with E-state index in [4.69, 9.17) is 0 Å². The van der Waals surface area contributed by atoms with E-state index in [1.54, 1.807) is 6.07 Å². The summed E-state index contributed by atoms with van der Waals surface area (Å²) in [6.45, 7) is 9.97. The molecule has 1 rings (SSSR count). The van der Waals surface area contributed by atoms with Crippen molar-refractivity contribution in [1.29, 1.82) is 0 Å². The fourth-order valence-electron chi connectivity index (χ4n) is 1.66. The summed E-state index contributed by atoms with van der Waals surface area (Å²) < 4.78 is 37.6. The molecule has 0 spiro atoms. The molecule has 0 unspecified atom stereocenters. The molecule has 0 aliphatic heterocycles. The molecule has 0 radical (unpaired) electrons. The van der Waals surface area contributed by atoms with Gasteiger partial charge in [0.2, 0.25) is 0 Å². The number of rotatable bonds is 2. The smallest absolute Gasteiger partial charge is 0.166 e. The SMILES string of the molecule is C=C(CC(C)(C)C)c1cccc(C(F)(F)F)c1. The minimum absolute atomic E-state index is 0.0192. The van der Waals surface area contributed by atoms with Gasteiger partial charge in [0.15, 0.2) is 0 Å². The third-order valence-corrected chi connectivity index (χ3v) is 2.34. The van der Waals surface area contributed by atoms with Gasteiger partial charge in [0.25, 0.3) is 0 Å². The van der Waals surface area contributed by atoms with Gasteiger partial charge in [0.05, 0.1) is 5.56 Å². The van der Waals surface area contributed by atoms with Crippen molar-refractivity contribution in [2.24, 2.45) is 5.41 Å². The van der Waals surface area contributed by atoms with E-state index < -0.39 is 11.7 Å². The van der Waals surface area contributed by atoms with Gasteiger partial charge in [-0.2, -0.15) is 13.2 Å². The van der Waals surface area contributed by atoms with Crippen molar-refractivity contribution >= 4 is 5.57 Å². The molecule has 17 heavy (non-hydrogen) atoms. The first-order chi connectivity index (χ1) is 7.59. The molecule has 0 aliphatic rings. The lowest BCUT2D eigenvalue weighted by Crippen LogP contribution is -2.07. The molecule has 0 saturated heterocycles. The summed E-state index contributed by atoms with van der Waals surface area (Å²) in [6.07, 6.45) is -3.62. The van der Waals surface area contributed by atoms with Crippen LogP contribution in [-0.4, -0.2) is 0 Å². The van der Waals surface area contributed by atoms with Crippen molar-refractivity contribution in [2.45, 2.75) is 33.4 Å². The predicted molar refractivity (Wildman–Crippen MR) is 64.6 cm³/mol. The molecule has 0 aromatic heterocycles. The summed E-state index contributed by atoms with van der Waals surface area (Å²) in [4.78, 5) is 0. The van der Waals surface area contributed by atoms with E-state index in [2.05, 4.69) is 6.58 Å². The van der Waals surface area contributed by atoms with Crippen molar-refractivity contribution in [3.63, 3.8) is 0 Å². The summed E-state index contributed by atoms with van der Waals surface area (Å²) in [7, 11) is 0. The van der Waals surface area contributed by atoms with Crippen molar-refractivity contribution in [2.75, 3.05) is 0 Å². The van der Waals surface area contributed by atoms with Crippen LogP contribution in [0.5, 0.6) is 0 Å². The van der Waals surface area contributed by atoms with E-state index in [0.717, 1.165) is 17.7 Å². The number of alkyl halides is 3. The van der Waals surface area contributed by atoms with Gasteiger partial charge in [-0.25, -0.2) is 0 Å². The Morgan fingerprint density at radius 3 is 2.24 bits per heavy atom. The fourth-order valence-corrected chi connectivity index (χ4v) is 1.66. The van der Waals surface area contributed by atoms with Crippen molar-refractivity contribution in [3.05, 3.63) is 42.0 Å². The van der Waals surface area contributed by atoms with Gasteiger partial charge in [-0.1, -0.05) is 39.5 Å². The average molecular weight is 242 g/mol. The molecule has 3 heteroatoms. The average Bonchev–Trinajstić information content (AvgIpc) is 2.14. The van der Waals surface area contributed by atoms with E-state index in [1.807, 2.05) is 20.8 Å². The summed E-state index contributed by atoms with van der Waals surface area (Å²) in [5, 5.41) is 0. The minimum atomic E-state index is -4.29. The number of hydrogen-bond acceptors (Lipinski definition) is 0. The molecule has 0 bridgehead atoms. The highest BCUT2D eigenvalue weighted by Crippen LogP contribution is 2.33. The highest BCUT2D eigenvalue weighted by Gasteiger charge is 2.30. The van der Waals surface area contributed by atoms with Crippen LogP contribution in [0.25, 0.3) is 5.57 Å². The van der Waals surface area contributed by atoms with Crippen LogP contribution in [0.3, 0.4) is 0 Å². The van der Waals surface area contributed by atoms with Gasteiger partial charge in [-0.05, 0) is 35.1 Å². The predicted octanol–water partition coefficient (Wildman–Crippen LogP) is 5.15. The minimum Gasteiger partial charge on any atom is -0.166 e. The summed E-state index contributed by atoms with van der Waals surface area (Å²) >= 11 is 0. The zero-order chi connectivity index (χ0) is 13.3. The Hall–Kier alpha value is -1.25. The molecule has 0 fully saturated rings. The molecule has 0 nitrogen and oxygen atoms in total. The molecule has 1 aromatic carbocycles. The van der Waals surface area contributed by atoms with Crippen LogP contribution in [0.4, 0.5) is 13.2 Å². The Balaban J connectivity index is 2.97. The number of halogens is 3. The summed E-state index contributed by atoms with van der Waals surface area (Å²) in [5.41, 5.74) is 0.703. The van der Waals surface area contributed by atoms with E-state index in [-0.39, 0.29) is 5.41 Å². The van der Waals surface area contributed by atoms with Crippen LogP contribution >= 0.6 is 0 Å². The standard InChI is InChI=1S/C14H17F3/c1-10(9-13(2,3)4)11-6-5-7-12(8-11)14(15,16)17/h5-8H,1,9H2,2-4H3. The summed E-state index contributed by atoms with van der Waals surface area (Å²) in [5.74, 6) is 0. The first-order valence-corrected chi connectivity index (χ1v) is 5.45. The second-order valence-electron chi connectivity index (χ2n) is 5.42. The monoisotopic (exact) mass is 242 g/mol. The third kappa shape index (κ3) is 4.25. The maximum absolute atomic E-state index is 12.5. The van der Waals surface area contributed by atoms with Crippen LogP contribution in [0.2, 0.25) is 0 Å². The molecule has 0 N–H and O–H groups in total. The van der Waals surface area contributed by atoms with Crippen LogP contribution in [0.15, 0.2) is 30.8 Å². The van der Waals surface area contributed by atoms with Crippen molar-refractivity contribution in [1.82, 2.24) is 0 Å². The zero-order valence-electron chi connectivity index (χ0n) is 10.4. The molecule has 0 heterocycles. The molecule has 0 saturated carbocycles. The molecule has 0 aliphatic carbocycles. The zero-order valence-corrected chi connectivity index (χ0v) is 10.4. The Morgan fingerprint density at radius 1 is 1.18 bits per heavy atom. The summed E-state index contributed by atoms with van der Waals surface area (Å²) in [6, 6.07) is 5.33. The van der Waals surface area contributed by atoms with Crippen LogP contribution in [-0.2, 0) is 6.18 Å². The van der Waals surface area contributed by atoms with Crippen LogP contribution in [0.1, 0.15) is 38.3 Å². The Kier molecular flexibility index (Phi) is 3.70. The maximum Gasteiger partial charge on any atom is 0.416 e. The Morgan fingerprint density at radius 2 is 1.76 bits per heavy atom. The van der Waals surface area contributed by atoms with Gasteiger partial charge in [-0.3, -0.25) is 0 Å². The highest BCUT2D eigenvalue weighted by atomic mass is 19.4. The highest BCUT2D eigenvalue weighted by molar-refractivity contribution is 5.64. The van der Waals surface area contributed by atoms with Gasteiger partial charge in [-0.15, -0.1) is 0 Å². The van der Waals surface area contributed by atoms with Crippen molar-refractivity contribution < 1.29 is 13.2 Å². The molecule has 94 valence electrons. The van der Waals surface area contributed by atoms with Gasteiger partial charge in [0.1, 0.15) is 0 Å². The van der Waals surface area contributed by atoms with Crippen molar-refractivity contribution in [3.8, 4) is 0 Å². The molecular formula is C14H17F3. The number of benzene rings is 1. The van der Waals surface area contributed by atoms with E-state index >= 15 is 0 Å². The van der Waals surface area contributed by atoms with Gasteiger partial charge in [0, 0.05) is 0 Å². The second-order valence-corrected chi connectivity index (χ2v) is 5.42. The normalized spacial score (nSPS) is 12.6. The molecule has 0 atom stereocenters. The van der Waals surface area contributed by atoms with Crippen LogP contribution in [0, 0.1) is 5.41 Å². The molecule has 1 aromatic rings. The first-order valence-electron chi connectivity index (χ1n) is 5.45. The first kappa shape index (κ1) is 13.8. The lowest BCUT2D eigenvalue weighted by atomic mass is 9.86. The van der Waals surface area contributed by atoms with E-state index in [1.165, 1.54) is 6.07 Å². The molecular weight excluding hydrogens is 225 g/mol. The van der Waals surface area contributed by atoms with Gasteiger partial charge < -0.3 is 0 Å². The Bertz CT molecular complexity index is 408. The Labute approximate surface area is 100 Å². The topological polar surface area (TPSA) is 0 Å². The largest absolute Gasteiger partial charge is 0.416 e. The number of hydrogen-bond donors (Lipinski definition) is 0. The maximum atomic E-state index is 12.5. The lowest BCUT2D eigenvalue weighted by Gasteiger charge is -2.20. The fraction of sp³-hybridized carbons (Fsp3) is 0.429. The third-order valence-electron chi connectivity index (χ3n) is 2.34. The quantitative estimate of drug-likeness (QED) is 0.672.